The van der Waals surface area contributed by atoms with Gasteiger partial charge in [0, 0.05) is 40.3 Å². The molecule has 0 saturated carbocycles. The maximum absolute atomic E-state index is 5.00. The lowest BCUT2D eigenvalue weighted by atomic mass is 9.81. The van der Waals surface area contributed by atoms with Crippen molar-refractivity contribution >= 4 is 0 Å². The van der Waals surface area contributed by atoms with E-state index in [1.54, 1.807) is 0 Å². The average molecular weight is 591 g/mol. The lowest BCUT2D eigenvalue weighted by molar-refractivity contribution is 0.660. The van der Waals surface area contributed by atoms with Crippen molar-refractivity contribution in [1.29, 1.82) is 0 Å². The first-order chi connectivity index (χ1) is 22.5. The summed E-state index contributed by atoms with van der Waals surface area (Å²) in [5, 5.41) is 0. The summed E-state index contributed by atoms with van der Waals surface area (Å²) in [6, 6.07) is 44.7. The van der Waals surface area contributed by atoms with Crippen LogP contribution in [0.4, 0.5) is 0 Å². The highest BCUT2D eigenvalue weighted by molar-refractivity contribution is 5.87. The molecule has 0 radical (unpaired) electrons. The van der Waals surface area contributed by atoms with E-state index in [9.17, 15) is 0 Å². The fourth-order valence-corrected chi connectivity index (χ4v) is 7.26. The van der Waals surface area contributed by atoms with Crippen LogP contribution in [0.3, 0.4) is 0 Å². The summed E-state index contributed by atoms with van der Waals surface area (Å²) < 4.78 is 0. The van der Waals surface area contributed by atoms with E-state index in [-0.39, 0.29) is 5.41 Å². The first-order valence-corrected chi connectivity index (χ1v) is 15.8. The molecule has 0 fully saturated rings. The molecule has 0 aliphatic heterocycles. The average Bonchev–Trinajstić information content (AvgIpc) is 3.60. The van der Waals surface area contributed by atoms with Gasteiger partial charge in [-0.1, -0.05) is 123 Å². The Morgan fingerprint density at radius 1 is 0.478 bits per heavy atom. The third-order valence-corrected chi connectivity index (χ3v) is 9.64. The van der Waals surface area contributed by atoms with E-state index in [4.69, 9.17) is 19.9 Å². The van der Waals surface area contributed by atoms with Crippen LogP contribution in [0.15, 0.2) is 134 Å². The molecule has 0 saturated heterocycles. The van der Waals surface area contributed by atoms with Gasteiger partial charge >= 0.3 is 0 Å². The number of nitrogens with zero attached hydrogens (tertiary/aromatic N) is 4. The summed E-state index contributed by atoms with van der Waals surface area (Å²) in [5.41, 5.74) is 15.4. The molecule has 218 valence electrons. The van der Waals surface area contributed by atoms with Crippen LogP contribution in [0.25, 0.3) is 67.7 Å². The molecule has 0 bridgehead atoms. The first-order valence-electron chi connectivity index (χ1n) is 15.8. The highest BCUT2D eigenvalue weighted by Gasteiger charge is 2.36. The summed E-state index contributed by atoms with van der Waals surface area (Å²) in [6.45, 7) is 4.64. The molecule has 7 aromatic rings. The van der Waals surface area contributed by atoms with Gasteiger partial charge in [-0.2, -0.15) is 0 Å². The highest BCUT2D eigenvalue weighted by atomic mass is 15.0. The number of fused-ring (bicyclic) bond motifs is 6. The molecule has 5 aromatic carbocycles. The Kier molecular flexibility index (Phi) is 5.88. The zero-order valence-corrected chi connectivity index (χ0v) is 25.7. The number of rotatable bonds is 4. The second kappa shape index (κ2) is 10.1. The minimum absolute atomic E-state index is 0.213. The Bertz CT molecular complexity index is 2250. The van der Waals surface area contributed by atoms with E-state index in [1.807, 2.05) is 66.9 Å². The summed E-state index contributed by atoms with van der Waals surface area (Å²) >= 11 is 0. The van der Waals surface area contributed by atoms with Crippen LogP contribution in [0.5, 0.6) is 0 Å². The molecule has 4 heteroatoms. The van der Waals surface area contributed by atoms with Crippen LogP contribution in [0.1, 0.15) is 36.1 Å². The molecule has 0 spiro atoms. The van der Waals surface area contributed by atoms with E-state index in [0.29, 0.717) is 17.5 Å². The molecule has 0 atom stereocenters. The van der Waals surface area contributed by atoms with E-state index in [2.05, 4.69) is 80.6 Å². The van der Waals surface area contributed by atoms with Gasteiger partial charge in [-0.3, -0.25) is 4.98 Å². The largest absolute Gasteiger partial charge is 0.256 e. The standard InChI is InChI=1S/C42H30N4/c1-42(2)36-24-29(38-35-23-28-15-9-10-16-31(28)32(35)21-22-43-38)17-19-33(36)34-20-18-30(25-37(34)42)41-45-39(26-11-5-3-6-12-26)44-40(46-41)27-13-7-4-8-14-27/h3-22,24-25H,23H2,1-2H3. The number of aromatic nitrogens is 4. The van der Waals surface area contributed by atoms with E-state index in [0.717, 1.165) is 28.8 Å². The van der Waals surface area contributed by atoms with Gasteiger partial charge in [0.25, 0.3) is 0 Å². The predicted octanol–water partition coefficient (Wildman–Crippen LogP) is 9.81. The van der Waals surface area contributed by atoms with Crippen molar-refractivity contribution in [3.63, 3.8) is 0 Å². The second-order valence-electron chi connectivity index (χ2n) is 12.7. The lowest BCUT2D eigenvalue weighted by Gasteiger charge is -2.22. The van der Waals surface area contributed by atoms with Gasteiger partial charge in [0.05, 0.1) is 5.69 Å². The predicted molar refractivity (Wildman–Crippen MR) is 185 cm³/mol. The van der Waals surface area contributed by atoms with Gasteiger partial charge in [0.15, 0.2) is 17.5 Å². The molecule has 0 amide bonds. The van der Waals surface area contributed by atoms with Crippen LogP contribution in [-0.4, -0.2) is 19.9 Å². The molecular weight excluding hydrogens is 560 g/mol. The second-order valence-corrected chi connectivity index (χ2v) is 12.7. The fraction of sp³-hybridized carbons (Fsp3) is 0.0952. The van der Waals surface area contributed by atoms with Crippen LogP contribution in [0, 0.1) is 0 Å². The lowest BCUT2D eigenvalue weighted by Crippen LogP contribution is -2.15. The van der Waals surface area contributed by atoms with Gasteiger partial charge in [-0.05, 0) is 62.7 Å². The van der Waals surface area contributed by atoms with Crippen molar-refractivity contribution in [2.45, 2.75) is 25.7 Å². The molecule has 2 aromatic heterocycles. The zero-order valence-electron chi connectivity index (χ0n) is 25.7. The fourth-order valence-electron chi connectivity index (χ4n) is 7.26. The molecule has 9 rings (SSSR count). The van der Waals surface area contributed by atoms with E-state index in [1.165, 1.54) is 50.1 Å². The van der Waals surface area contributed by atoms with E-state index >= 15 is 0 Å². The third kappa shape index (κ3) is 4.14. The summed E-state index contributed by atoms with van der Waals surface area (Å²) in [6.07, 6.45) is 2.87. The Labute approximate surface area is 268 Å². The summed E-state index contributed by atoms with van der Waals surface area (Å²) in [7, 11) is 0. The molecule has 2 aliphatic rings. The monoisotopic (exact) mass is 590 g/mol. The molecule has 0 N–H and O–H groups in total. The molecule has 4 nitrogen and oxygen atoms in total. The number of benzene rings is 5. The van der Waals surface area contributed by atoms with Crippen molar-refractivity contribution in [3.8, 4) is 67.7 Å². The topological polar surface area (TPSA) is 51.6 Å². The van der Waals surface area contributed by atoms with Crippen molar-refractivity contribution in [2.75, 3.05) is 0 Å². The van der Waals surface area contributed by atoms with Gasteiger partial charge in [0.2, 0.25) is 0 Å². The molecule has 0 unspecified atom stereocenters. The SMILES string of the molecule is CC1(C)c2cc(-c3nc(-c4ccccc4)nc(-c4ccccc4)n3)ccc2-c2ccc(-c3nccc4c3Cc3ccccc3-4)cc21. The van der Waals surface area contributed by atoms with Gasteiger partial charge < -0.3 is 0 Å². The normalized spacial score (nSPS) is 13.5. The number of hydrogen-bond donors (Lipinski definition) is 0. The van der Waals surface area contributed by atoms with Crippen LogP contribution < -0.4 is 0 Å². The van der Waals surface area contributed by atoms with Gasteiger partial charge in [-0.25, -0.2) is 15.0 Å². The van der Waals surface area contributed by atoms with Gasteiger partial charge in [-0.15, -0.1) is 0 Å². The van der Waals surface area contributed by atoms with Crippen molar-refractivity contribution in [2.24, 2.45) is 0 Å². The summed E-state index contributed by atoms with van der Waals surface area (Å²) in [4.78, 5) is 19.8. The smallest absolute Gasteiger partial charge is 0.164 e. The number of pyridine rings is 1. The molecular formula is C42H30N4. The Hall–Kier alpha value is -5.74. The maximum Gasteiger partial charge on any atom is 0.164 e. The van der Waals surface area contributed by atoms with Crippen molar-refractivity contribution in [3.05, 3.63) is 156 Å². The Morgan fingerprint density at radius 2 is 1.02 bits per heavy atom. The quantitative estimate of drug-likeness (QED) is 0.205. The van der Waals surface area contributed by atoms with Crippen LogP contribution in [-0.2, 0) is 11.8 Å². The molecule has 46 heavy (non-hydrogen) atoms. The third-order valence-electron chi connectivity index (χ3n) is 9.64. The van der Waals surface area contributed by atoms with E-state index < -0.39 is 0 Å². The maximum atomic E-state index is 5.00. The number of hydrogen-bond acceptors (Lipinski definition) is 4. The minimum Gasteiger partial charge on any atom is -0.256 e. The van der Waals surface area contributed by atoms with Crippen LogP contribution >= 0.6 is 0 Å². The summed E-state index contributed by atoms with van der Waals surface area (Å²) in [5.74, 6) is 2.01. The first kappa shape index (κ1) is 26.6. The molecule has 2 aliphatic carbocycles. The Morgan fingerprint density at radius 3 is 1.67 bits per heavy atom. The van der Waals surface area contributed by atoms with Gasteiger partial charge in [0.1, 0.15) is 0 Å². The zero-order chi connectivity index (χ0) is 30.8. The Balaban J connectivity index is 1.14. The molecule has 2 heterocycles. The van der Waals surface area contributed by atoms with Crippen molar-refractivity contribution in [1.82, 2.24) is 19.9 Å². The minimum atomic E-state index is -0.213. The van der Waals surface area contributed by atoms with Crippen LogP contribution in [0.2, 0.25) is 0 Å². The van der Waals surface area contributed by atoms with Crippen molar-refractivity contribution < 1.29 is 0 Å². The highest BCUT2D eigenvalue weighted by Crippen LogP contribution is 2.51.